The summed E-state index contributed by atoms with van der Waals surface area (Å²) in [5.41, 5.74) is 2.86. The molecule has 27 heavy (non-hydrogen) atoms. The van der Waals surface area contributed by atoms with Crippen molar-refractivity contribution < 1.29 is 9.53 Å². The van der Waals surface area contributed by atoms with E-state index in [9.17, 15) is 9.59 Å². The van der Waals surface area contributed by atoms with E-state index in [-0.39, 0.29) is 17.2 Å². The normalized spacial score (nSPS) is 10.9. The molecule has 2 N–H and O–H groups in total. The predicted octanol–water partition coefficient (Wildman–Crippen LogP) is 2.47. The Hall–Kier alpha value is -2.74. The number of fused-ring (bicyclic) bond motifs is 1. The number of hydrogen-bond acceptors (Lipinski definition) is 5. The van der Waals surface area contributed by atoms with Crippen LogP contribution in [0, 0.1) is 6.92 Å². The van der Waals surface area contributed by atoms with Crippen LogP contribution in [0.4, 0.5) is 0 Å². The molecular formula is C19H22N4O3S. The average molecular weight is 386 g/mol. The maximum atomic E-state index is 12.6. The molecule has 142 valence electrons. The molecule has 0 bridgehead atoms. The van der Waals surface area contributed by atoms with Crippen molar-refractivity contribution in [2.45, 2.75) is 32.1 Å². The quantitative estimate of drug-likeness (QED) is 0.481. The molecule has 0 aliphatic carbocycles. The zero-order valence-corrected chi connectivity index (χ0v) is 16.4. The summed E-state index contributed by atoms with van der Waals surface area (Å²) in [5, 5.41) is 3.42. The Balaban J connectivity index is 1.67. The van der Waals surface area contributed by atoms with Crippen molar-refractivity contribution in [3.05, 3.63) is 51.9 Å². The van der Waals surface area contributed by atoms with E-state index in [0.29, 0.717) is 29.3 Å². The van der Waals surface area contributed by atoms with Crippen LogP contribution in [0.25, 0.3) is 11.0 Å². The largest absolute Gasteiger partial charge is 0.497 e. The highest BCUT2D eigenvalue weighted by Gasteiger charge is 2.13. The lowest BCUT2D eigenvalue weighted by molar-refractivity contribution is -0.118. The maximum absolute atomic E-state index is 12.6. The Morgan fingerprint density at radius 3 is 2.93 bits per heavy atom. The Kier molecular flexibility index (Phi) is 5.85. The molecule has 0 unspecified atom stereocenters. The third-order valence-corrected chi connectivity index (χ3v) is 5.09. The molecule has 1 aromatic carbocycles. The van der Waals surface area contributed by atoms with Crippen molar-refractivity contribution in [2.75, 3.05) is 12.9 Å². The molecule has 3 rings (SSSR count). The topological polar surface area (TPSA) is 89.0 Å². The molecule has 2 aromatic heterocycles. The summed E-state index contributed by atoms with van der Waals surface area (Å²) in [6.45, 7) is 4.68. The Labute approximate surface area is 161 Å². The number of carbonyl (C=O) groups is 1. The van der Waals surface area contributed by atoms with E-state index in [4.69, 9.17) is 4.74 Å². The summed E-state index contributed by atoms with van der Waals surface area (Å²) in [5.74, 6) is 0.818. The number of benzene rings is 1. The minimum atomic E-state index is -0.120. The van der Waals surface area contributed by atoms with Gasteiger partial charge in [0, 0.05) is 18.8 Å². The molecule has 0 aliphatic rings. The van der Waals surface area contributed by atoms with Gasteiger partial charge in [-0.1, -0.05) is 23.9 Å². The Morgan fingerprint density at radius 1 is 1.37 bits per heavy atom. The monoisotopic (exact) mass is 386 g/mol. The number of thioether (sulfide) groups is 1. The fourth-order valence-corrected chi connectivity index (χ4v) is 3.66. The van der Waals surface area contributed by atoms with Gasteiger partial charge in [0.15, 0.2) is 5.16 Å². The van der Waals surface area contributed by atoms with E-state index in [1.165, 1.54) is 11.8 Å². The van der Waals surface area contributed by atoms with Crippen molar-refractivity contribution in [2.24, 2.45) is 0 Å². The van der Waals surface area contributed by atoms with Crippen LogP contribution in [0.3, 0.4) is 0 Å². The van der Waals surface area contributed by atoms with E-state index in [0.717, 1.165) is 17.0 Å². The summed E-state index contributed by atoms with van der Waals surface area (Å²) >= 11 is 1.26. The lowest BCUT2D eigenvalue weighted by Gasteiger charge is -2.10. The molecule has 7 nitrogen and oxygen atoms in total. The minimum Gasteiger partial charge on any atom is -0.497 e. The molecule has 0 radical (unpaired) electrons. The highest BCUT2D eigenvalue weighted by molar-refractivity contribution is 7.99. The zero-order valence-electron chi connectivity index (χ0n) is 15.5. The van der Waals surface area contributed by atoms with Crippen LogP contribution >= 0.6 is 11.8 Å². The highest BCUT2D eigenvalue weighted by atomic mass is 32.2. The van der Waals surface area contributed by atoms with Crippen LogP contribution in [0.1, 0.15) is 18.2 Å². The van der Waals surface area contributed by atoms with Gasteiger partial charge in [0.25, 0.3) is 5.56 Å². The van der Waals surface area contributed by atoms with Crippen molar-refractivity contribution >= 4 is 28.7 Å². The number of H-pyrrole nitrogens is 1. The first-order valence-corrected chi connectivity index (χ1v) is 9.63. The summed E-state index contributed by atoms with van der Waals surface area (Å²) in [7, 11) is 1.61. The second-order valence-corrected chi connectivity index (χ2v) is 7.02. The molecule has 0 saturated heterocycles. The molecule has 0 saturated carbocycles. The number of ether oxygens (including phenoxy) is 1. The molecule has 0 spiro atoms. The second-order valence-electron chi connectivity index (χ2n) is 6.07. The Bertz CT molecular complexity index is 1030. The lowest BCUT2D eigenvalue weighted by atomic mass is 10.2. The third kappa shape index (κ3) is 4.33. The van der Waals surface area contributed by atoms with Gasteiger partial charge in [-0.3, -0.25) is 14.2 Å². The van der Waals surface area contributed by atoms with Crippen LogP contribution in [-0.2, 0) is 17.9 Å². The first-order chi connectivity index (χ1) is 13.0. The second kappa shape index (κ2) is 8.30. The van der Waals surface area contributed by atoms with E-state index in [1.54, 1.807) is 11.7 Å². The van der Waals surface area contributed by atoms with Crippen LogP contribution in [0.15, 0.2) is 40.3 Å². The number of aromatic nitrogens is 3. The molecule has 8 heteroatoms. The predicted molar refractivity (Wildman–Crippen MR) is 106 cm³/mol. The average Bonchev–Trinajstić information content (AvgIpc) is 3.05. The van der Waals surface area contributed by atoms with E-state index >= 15 is 0 Å². The summed E-state index contributed by atoms with van der Waals surface area (Å²) in [6, 6.07) is 9.38. The Morgan fingerprint density at radius 2 is 2.19 bits per heavy atom. The SMILES string of the molecule is CCn1c(SCC(=O)NCc2cccc(OC)c2)nc2cc(C)[nH]c2c1=O. The molecule has 0 atom stereocenters. The van der Waals surface area contributed by atoms with E-state index < -0.39 is 0 Å². The van der Waals surface area contributed by atoms with Crippen molar-refractivity contribution in [3.63, 3.8) is 0 Å². The summed E-state index contributed by atoms with van der Waals surface area (Å²) < 4.78 is 6.76. The number of aromatic amines is 1. The number of aryl methyl sites for hydroxylation is 1. The van der Waals surface area contributed by atoms with Gasteiger partial charge in [0.05, 0.1) is 18.4 Å². The molecular weight excluding hydrogens is 364 g/mol. The summed E-state index contributed by atoms with van der Waals surface area (Å²) in [4.78, 5) is 32.4. The van der Waals surface area contributed by atoms with Gasteiger partial charge < -0.3 is 15.0 Å². The van der Waals surface area contributed by atoms with Gasteiger partial charge in [-0.15, -0.1) is 0 Å². The molecule has 3 aromatic rings. The van der Waals surface area contributed by atoms with Gasteiger partial charge >= 0.3 is 0 Å². The zero-order chi connectivity index (χ0) is 19.4. The number of methoxy groups -OCH3 is 1. The maximum Gasteiger partial charge on any atom is 0.278 e. The van der Waals surface area contributed by atoms with Crippen LogP contribution in [-0.4, -0.2) is 33.3 Å². The number of carbonyl (C=O) groups excluding carboxylic acids is 1. The van der Waals surface area contributed by atoms with Crippen LogP contribution < -0.4 is 15.6 Å². The molecule has 1 amide bonds. The minimum absolute atomic E-state index is 0.116. The smallest absolute Gasteiger partial charge is 0.278 e. The van der Waals surface area contributed by atoms with Crippen LogP contribution in [0.5, 0.6) is 5.75 Å². The van der Waals surface area contributed by atoms with Gasteiger partial charge in [0.2, 0.25) is 5.91 Å². The van der Waals surface area contributed by atoms with Crippen LogP contribution in [0.2, 0.25) is 0 Å². The van der Waals surface area contributed by atoms with Gasteiger partial charge in [-0.2, -0.15) is 0 Å². The summed E-state index contributed by atoms with van der Waals surface area (Å²) in [6.07, 6.45) is 0. The van der Waals surface area contributed by atoms with E-state index in [1.807, 2.05) is 44.2 Å². The highest BCUT2D eigenvalue weighted by Crippen LogP contribution is 2.18. The number of rotatable bonds is 7. The number of nitrogens with one attached hydrogen (secondary N) is 2. The number of hydrogen-bond donors (Lipinski definition) is 2. The van der Waals surface area contributed by atoms with Gasteiger partial charge in [0.1, 0.15) is 11.3 Å². The molecule has 0 fully saturated rings. The van der Waals surface area contributed by atoms with E-state index in [2.05, 4.69) is 15.3 Å². The molecule has 0 aliphatic heterocycles. The van der Waals surface area contributed by atoms with Crippen molar-refractivity contribution in [1.29, 1.82) is 0 Å². The lowest BCUT2D eigenvalue weighted by Crippen LogP contribution is -2.26. The van der Waals surface area contributed by atoms with Crippen molar-refractivity contribution in [1.82, 2.24) is 19.9 Å². The van der Waals surface area contributed by atoms with Gasteiger partial charge in [-0.25, -0.2) is 4.98 Å². The number of amides is 1. The standard InChI is InChI=1S/C19H22N4O3S/c1-4-23-18(25)17-15(8-12(2)21-17)22-19(23)27-11-16(24)20-10-13-6-5-7-14(9-13)26-3/h5-9,21H,4,10-11H2,1-3H3,(H,20,24). The third-order valence-electron chi connectivity index (χ3n) is 4.11. The number of nitrogens with zero attached hydrogens (tertiary/aromatic N) is 2. The molecule has 2 heterocycles. The van der Waals surface area contributed by atoms with Gasteiger partial charge in [-0.05, 0) is 37.6 Å². The fraction of sp³-hybridized carbons (Fsp3) is 0.316. The first-order valence-electron chi connectivity index (χ1n) is 8.64. The first kappa shape index (κ1) is 19.0. The van der Waals surface area contributed by atoms with Crippen molar-refractivity contribution in [3.8, 4) is 5.75 Å². The fourth-order valence-electron chi connectivity index (χ4n) is 2.76.